The van der Waals surface area contributed by atoms with Crippen LogP contribution in [0.5, 0.6) is 0 Å². The van der Waals surface area contributed by atoms with Gasteiger partial charge in [0.25, 0.3) is 0 Å². The molecule has 118 valence electrons. The molecule has 5 N–H and O–H groups in total. The molecule has 5 nitrogen and oxygen atoms in total. The third-order valence-corrected chi connectivity index (χ3v) is 4.12. The van der Waals surface area contributed by atoms with E-state index in [9.17, 15) is 4.57 Å². The SMILES string of the molecule is NC1CCCCC1.O=P(O)(O)C(O)/C=C/c1ccccc1. The van der Waals surface area contributed by atoms with Crippen LogP contribution in [-0.4, -0.2) is 26.8 Å². The molecule has 21 heavy (non-hydrogen) atoms. The van der Waals surface area contributed by atoms with Gasteiger partial charge in [0.1, 0.15) is 0 Å². The number of aliphatic hydroxyl groups is 1. The summed E-state index contributed by atoms with van der Waals surface area (Å²) in [4.78, 5) is 17.1. The zero-order valence-electron chi connectivity index (χ0n) is 12.0. The minimum absolute atomic E-state index is 0.536. The van der Waals surface area contributed by atoms with E-state index in [4.69, 9.17) is 20.6 Å². The van der Waals surface area contributed by atoms with Gasteiger partial charge in [0, 0.05) is 6.04 Å². The van der Waals surface area contributed by atoms with Gasteiger partial charge >= 0.3 is 7.60 Å². The second-order valence-corrected chi connectivity index (χ2v) is 6.88. The van der Waals surface area contributed by atoms with Crippen LogP contribution in [0.4, 0.5) is 0 Å². The van der Waals surface area contributed by atoms with Crippen molar-refractivity contribution in [2.45, 2.75) is 44.0 Å². The van der Waals surface area contributed by atoms with Gasteiger partial charge in [-0.25, -0.2) is 0 Å². The fraction of sp³-hybridized carbons (Fsp3) is 0.467. The Morgan fingerprint density at radius 3 is 2.14 bits per heavy atom. The quantitative estimate of drug-likeness (QED) is 0.642. The molecule has 1 atom stereocenters. The van der Waals surface area contributed by atoms with Crippen molar-refractivity contribution < 1.29 is 19.5 Å². The normalized spacial score (nSPS) is 18.1. The first-order valence-corrected chi connectivity index (χ1v) is 8.80. The largest absolute Gasteiger partial charge is 0.377 e. The lowest BCUT2D eigenvalue weighted by Gasteiger charge is -2.15. The zero-order chi connectivity index (χ0) is 15.7. The molecule has 0 saturated heterocycles. The van der Waals surface area contributed by atoms with E-state index in [2.05, 4.69) is 0 Å². The molecule has 1 aliphatic rings. The minimum Gasteiger partial charge on any atom is -0.377 e. The Labute approximate surface area is 125 Å². The Bertz CT molecular complexity index is 466. The Balaban J connectivity index is 0.000000262. The molecule has 0 amide bonds. The third kappa shape index (κ3) is 8.15. The number of benzene rings is 1. The summed E-state index contributed by atoms with van der Waals surface area (Å²) in [5.74, 6) is -1.73. The molecule has 1 saturated carbocycles. The van der Waals surface area contributed by atoms with Gasteiger partial charge in [0.05, 0.1) is 0 Å². The maximum atomic E-state index is 10.5. The van der Waals surface area contributed by atoms with Gasteiger partial charge in [-0.1, -0.05) is 55.7 Å². The van der Waals surface area contributed by atoms with Crippen molar-refractivity contribution in [3.63, 3.8) is 0 Å². The first-order chi connectivity index (χ1) is 9.89. The summed E-state index contributed by atoms with van der Waals surface area (Å²) >= 11 is 0. The van der Waals surface area contributed by atoms with Crippen molar-refractivity contribution in [3.05, 3.63) is 42.0 Å². The monoisotopic (exact) mass is 313 g/mol. The molecule has 6 heteroatoms. The van der Waals surface area contributed by atoms with E-state index in [0.717, 1.165) is 11.6 Å². The number of nitrogens with two attached hydrogens (primary N) is 1. The highest BCUT2D eigenvalue weighted by atomic mass is 31.2. The maximum Gasteiger partial charge on any atom is 0.357 e. The molecule has 1 aromatic carbocycles. The first kappa shape index (κ1) is 18.1. The molecule has 2 rings (SSSR count). The summed E-state index contributed by atoms with van der Waals surface area (Å²) in [6.45, 7) is 0. The number of hydrogen-bond donors (Lipinski definition) is 4. The van der Waals surface area contributed by atoms with Crippen LogP contribution in [0.2, 0.25) is 0 Å². The van der Waals surface area contributed by atoms with E-state index >= 15 is 0 Å². The van der Waals surface area contributed by atoms with Crippen LogP contribution in [0.15, 0.2) is 36.4 Å². The van der Waals surface area contributed by atoms with Crippen LogP contribution in [0.25, 0.3) is 6.08 Å². The molecule has 1 fully saturated rings. The lowest BCUT2D eigenvalue weighted by atomic mass is 9.97. The highest BCUT2D eigenvalue weighted by Crippen LogP contribution is 2.40. The second kappa shape index (κ2) is 9.13. The maximum absolute atomic E-state index is 10.5. The molecular weight excluding hydrogens is 289 g/mol. The summed E-state index contributed by atoms with van der Waals surface area (Å²) in [6.07, 6.45) is 9.20. The summed E-state index contributed by atoms with van der Waals surface area (Å²) < 4.78 is 10.5. The molecule has 1 aromatic rings. The van der Waals surface area contributed by atoms with E-state index in [-0.39, 0.29) is 0 Å². The van der Waals surface area contributed by atoms with E-state index in [1.807, 2.05) is 6.07 Å². The Kier molecular flexibility index (Phi) is 7.86. The standard InChI is InChI=1S/C9H11O4P.C6H13N/c10-9(14(11,12)13)7-6-8-4-2-1-3-5-8;7-6-4-2-1-3-5-6/h1-7,9-10H,(H2,11,12,13);6H,1-5,7H2/b7-6+;. The molecule has 1 unspecified atom stereocenters. The van der Waals surface area contributed by atoms with Crippen LogP contribution in [0.3, 0.4) is 0 Å². The average Bonchev–Trinajstić information content (AvgIpc) is 2.46. The predicted octanol–water partition coefficient (Wildman–Crippen LogP) is 2.47. The topological polar surface area (TPSA) is 104 Å². The Hall–Kier alpha value is -0.970. The highest BCUT2D eigenvalue weighted by Gasteiger charge is 2.22. The number of rotatable bonds is 3. The van der Waals surface area contributed by atoms with Crippen molar-refractivity contribution in [2.75, 3.05) is 0 Å². The van der Waals surface area contributed by atoms with Crippen molar-refractivity contribution in [2.24, 2.45) is 5.73 Å². The molecule has 0 aromatic heterocycles. The van der Waals surface area contributed by atoms with Gasteiger partial charge in [0.15, 0.2) is 5.85 Å². The van der Waals surface area contributed by atoms with Gasteiger partial charge in [-0.05, 0) is 24.5 Å². The Morgan fingerprint density at radius 1 is 1.14 bits per heavy atom. The van der Waals surface area contributed by atoms with Crippen molar-refractivity contribution in [1.82, 2.24) is 0 Å². The van der Waals surface area contributed by atoms with Crippen molar-refractivity contribution in [3.8, 4) is 0 Å². The summed E-state index contributed by atoms with van der Waals surface area (Å²) in [5.41, 5.74) is 6.41. The van der Waals surface area contributed by atoms with Gasteiger partial charge in [-0.15, -0.1) is 0 Å². The summed E-state index contributed by atoms with van der Waals surface area (Å²) in [5, 5.41) is 9.00. The summed E-state index contributed by atoms with van der Waals surface area (Å²) in [7, 11) is -4.42. The molecule has 0 spiro atoms. The Morgan fingerprint density at radius 2 is 1.71 bits per heavy atom. The van der Waals surface area contributed by atoms with Gasteiger partial charge in [0.2, 0.25) is 0 Å². The van der Waals surface area contributed by atoms with Crippen LogP contribution in [0.1, 0.15) is 37.7 Å². The zero-order valence-corrected chi connectivity index (χ0v) is 12.9. The van der Waals surface area contributed by atoms with E-state index in [1.54, 1.807) is 24.3 Å². The second-order valence-electron chi connectivity index (χ2n) is 5.17. The van der Waals surface area contributed by atoms with Crippen LogP contribution >= 0.6 is 7.60 Å². The molecule has 1 aliphatic carbocycles. The minimum atomic E-state index is -4.42. The van der Waals surface area contributed by atoms with E-state index in [0.29, 0.717) is 6.04 Å². The lowest BCUT2D eigenvalue weighted by molar-refractivity contribution is 0.239. The smallest absolute Gasteiger partial charge is 0.357 e. The number of aliphatic hydroxyl groups excluding tert-OH is 1. The van der Waals surface area contributed by atoms with Crippen LogP contribution in [-0.2, 0) is 4.57 Å². The third-order valence-electron chi connectivity index (χ3n) is 3.25. The number of hydrogen-bond acceptors (Lipinski definition) is 3. The van der Waals surface area contributed by atoms with Crippen molar-refractivity contribution >= 4 is 13.7 Å². The molecular formula is C15H24NO4P. The fourth-order valence-electron chi connectivity index (χ4n) is 2.01. The first-order valence-electron chi connectivity index (χ1n) is 7.11. The molecule has 0 radical (unpaired) electrons. The molecule has 0 aliphatic heterocycles. The van der Waals surface area contributed by atoms with Gasteiger partial charge in [-0.3, -0.25) is 4.57 Å². The van der Waals surface area contributed by atoms with E-state index < -0.39 is 13.4 Å². The van der Waals surface area contributed by atoms with E-state index in [1.165, 1.54) is 38.2 Å². The van der Waals surface area contributed by atoms with Crippen LogP contribution in [0, 0.1) is 0 Å². The summed E-state index contributed by atoms with van der Waals surface area (Å²) in [6, 6.07) is 9.49. The van der Waals surface area contributed by atoms with Crippen LogP contribution < -0.4 is 5.73 Å². The molecule has 0 heterocycles. The van der Waals surface area contributed by atoms with Gasteiger partial charge < -0.3 is 20.6 Å². The average molecular weight is 313 g/mol. The van der Waals surface area contributed by atoms with Crippen molar-refractivity contribution in [1.29, 1.82) is 0 Å². The predicted molar refractivity (Wildman–Crippen MR) is 84.6 cm³/mol. The fourth-order valence-corrected chi connectivity index (χ4v) is 2.32. The highest BCUT2D eigenvalue weighted by molar-refractivity contribution is 7.52. The molecule has 0 bridgehead atoms. The van der Waals surface area contributed by atoms with Gasteiger partial charge in [-0.2, -0.15) is 0 Å². The lowest BCUT2D eigenvalue weighted by Crippen LogP contribution is -2.22.